The van der Waals surface area contributed by atoms with Gasteiger partial charge in [-0.05, 0) is 49.1 Å². The van der Waals surface area contributed by atoms with Crippen molar-refractivity contribution in [3.05, 3.63) is 78.8 Å². The van der Waals surface area contributed by atoms with Gasteiger partial charge < -0.3 is 10.4 Å². The molecule has 0 atom stereocenters. The predicted octanol–water partition coefficient (Wildman–Crippen LogP) is 4.51. The standard InChI is InChI=1S/C24H23N7/c1-2-6-17(7-3-1)8-4-5-13-28-31-23-12-11-20-24(30-23)29-22(15-25-20)18-9-10-19-21(14-18)27-16-26-19/h1-3,6-7,9-12,14-16,28H,4-5,8,13H2,(H,26,27)(H,29,30,31). The van der Waals surface area contributed by atoms with Crippen LogP contribution in [0.4, 0.5) is 5.82 Å². The van der Waals surface area contributed by atoms with Crippen LogP contribution in [0.25, 0.3) is 33.5 Å². The molecular formula is C24H23N7. The minimum absolute atomic E-state index is 0.609. The molecule has 0 fully saturated rings. The highest BCUT2D eigenvalue weighted by atomic mass is 15.4. The Morgan fingerprint density at radius 3 is 2.68 bits per heavy atom. The number of aryl methyl sites for hydroxylation is 1. The largest absolute Gasteiger partial charge is 0.345 e. The van der Waals surface area contributed by atoms with Gasteiger partial charge in [0.25, 0.3) is 0 Å². The number of H-pyrrole nitrogens is 1. The zero-order valence-corrected chi connectivity index (χ0v) is 17.0. The number of aromatic amines is 1. The van der Waals surface area contributed by atoms with Crippen molar-refractivity contribution in [3.63, 3.8) is 0 Å². The smallest absolute Gasteiger partial charge is 0.180 e. The molecule has 0 aliphatic heterocycles. The molecule has 0 radical (unpaired) electrons. The number of pyridine rings is 1. The lowest BCUT2D eigenvalue weighted by Crippen LogP contribution is -2.23. The fraction of sp³-hybridized carbons (Fsp3) is 0.167. The maximum absolute atomic E-state index is 4.71. The van der Waals surface area contributed by atoms with Gasteiger partial charge >= 0.3 is 0 Å². The van der Waals surface area contributed by atoms with Crippen molar-refractivity contribution >= 4 is 28.0 Å². The third kappa shape index (κ3) is 4.51. The molecule has 0 unspecified atom stereocenters. The molecule has 0 spiro atoms. The molecule has 3 N–H and O–H groups in total. The van der Waals surface area contributed by atoms with Gasteiger partial charge in [-0.3, -0.25) is 4.98 Å². The zero-order valence-electron chi connectivity index (χ0n) is 17.0. The number of nitrogens with one attached hydrogen (secondary N) is 3. The van der Waals surface area contributed by atoms with Crippen LogP contribution in [-0.2, 0) is 6.42 Å². The Balaban J connectivity index is 1.21. The van der Waals surface area contributed by atoms with Crippen LogP contribution >= 0.6 is 0 Å². The number of rotatable bonds is 8. The van der Waals surface area contributed by atoms with Gasteiger partial charge in [-0.1, -0.05) is 36.4 Å². The van der Waals surface area contributed by atoms with Crippen LogP contribution in [0.1, 0.15) is 18.4 Å². The van der Waals surface area contributed by atoms with Crippen molar-refractivity contribution < 1.29 is 0 Å². The minimum Gasteiger partial charge on any atom is -0.345 e. The Morgan fingerprint density at radius 2 is 1.74 bits per heavy atom. The summed E-state index contributed by atoms with van der Waals surface area (Å²) in [6.07, 6.45) is 6.78. The van der Waals surface area contributed by atoms with Crippen molar-refractivity contribution in [2.24, 2.45) is 0 Å². The molecule has 5 aromatic rings. The number of benzene rings is 2. The number of imidazole rings is 1. The second-order valence-electron chi connectivity index (χ2n) is 7.42. The molecule has 5 rings (SSSR count). The number of hydrogen-bond acceptors (Lipinski definition) is 6. The summed E-state index contributed by atoms with van der Waals surface area (Å²) in [6.45, 7) is 0.864. The number of anilines is 1. The SMILES string of the molecule is c1ccc(CCCCNNc2ccc3ncc(-c4ccc5nc[nH]c5c4)nc3n2)cc1. The van der Waals surface area contributed by atoms with Crippen LogP contribution in [0.15, 0.2) is 73.2 Å². The molecule has 0 amide bonds. The number of nitrogens with zero attached hydrogens (tertiary/aromatic N) is 4. The second-order valence-corrected chi connectivity index (χ2v) is 7.42. The Kier molecular flexibility index (Phi) is 5.49. The first-order valence-corrected chi connectivity index (χ1v) is 10.5. The summed E-state index contributed by atoms with van der Waals surface area (Å²) >= 11 is 0. The summed E-state index contributed by atoms with van der Waals surface area (Å²) in [5.74, 6) is 0.728. The molecule has 154 valence electrons. The van der Waals surface area contributed by atoms with E-state index in [0.717, 1.165) is 59.4 Å². The minimum atomic E-state index is 0.609. The number of hydrazine groups is 1. The fourth-order valence-electron chi connectivity index (χ4n) is 3.54. The highest BCUT2D eigenvalue weighted by molar-refractivity contribution is 5.82. The van der Waals surface area contributed by atoms with E-state index >= 15 is 0 Å². The first-order valence-electron chi connectivity index (χ1n) is 10.5. The maximum atomic E-state index is 4.71. The molecule has 0 aliphatic rings. The summed E-state index contributed by atoms with van der Waals surface area (Å²) in [5.41, 5.74) is 12.8. The first-order chi connectivity index (χ1) is 15.3. The molecule has 3 aromatic heterocycles. The van der Waals surface area contributed by atoms with Gasteiger partial charge in [0, 0.05) is 12.1 Å². The molecule has 0 saturated carbocycles. The Hall–Kier alpha value is -3.84. The van der Waals surface area contributed by atoms with Crippen LogP contribution in [0.5, 0.6) is 0 Å². The van der Waals surface area contributed by atoms with Gasteiger partial charge in [-0.25, -0.2) is 20.4 Å². The number of fused-ring (bicyclic) bond motifs is 2. The van der Waals surface area contributed by atoms with E-state index in [4.69, 9.17) is 4.98 Å². The van der Waals surface area contributed by atoms with Crippen LogP contribution in [0, 0.1) is 0 Å². The second kappa shape index (κ2) is 8.89. The average molecular weight is 409 g/mol. The van der Waals surface area contributed by atoms with Crippen LogP contribution in [0.2, 0.25) is 0 Å². The zero-order chi connectivity index (χ0) is 20.9. The van der Waals surface area contributed by atoms with Gasteiger partial charge in [-0.2, -0.15) is 0 Å². The van der Waals surface area contributed by atoms with E-state index in [1.807, 2.05) is 30.3 Å². The summed E-state index contributed by atoms with van der Waals surface area (Å²) < 4.78 is 0. The lowest BCUT2D eigenvalue weighted by molar-refractivity contribution is 0.670. The molecule has 3 heterocycles. The van der Waals surface area contributed by atoms with Crippen molar-refractivity contribution in [2.45, 2.75) is 19.3 Å². The van der Waals surface area contributed by atoms with Gasteiger partial charge in [0.05, 0.1) is 29.3 Å². The van der Waals surface area contributed by atoms with Crippen molar-refractivity contribution in [1.29, 1.82) is 0 Å². The van der Waals surface area contributed by atoms with Gasteiger partial charge in [-0.15, -0.1) is 0 Å². The molecule has 0 bridgehead atoms. The lowest BCUT2D eigenvalue weighted by atomic mass is 10.1. The topological polar surface area (TPSA) is 91.4 Å². The van der Waals surface area contributed by atoms with E-state index in [-0.39, 0.29) is 0 Å². The Bertz CT molecular complexity index is 1300. The molecule has 2 aromatic carbocycles. The fourth-order valence-corrected chi connectivity index (χ4v) is 3.54. The summed E-state index contributed by atoms with van der Waals surface area (Å²) in [5, 5.41) is 0. The maximum Gasteiger partial charge on any atom is 0.180 e. The summed E-state index contributed by atoms with van der Waals surface area (Å²) in [7, 11) is 0. The van der Waals surface area contributed by atoms with Crippen LogP contribution in [0.3, 0.4) is 0 Å². The number of unbranched alkanes of at least 4 members (excludes halogenated alkanes) is 1. The number of aromatic nitrogens is 5. The Labute approximate surface area is 180 Å². The summed E-state index contributed by atoms with van der Waals surface area (Å²) in [4.78, 5) is 21.2. The highest BCUT2D eigenvalue weighted by Gasteiger charge is 2.07. The van der Waals surface area contributed by atoms with E-state index in [1.165, 1.54) is 5.56 Å². The van der Waals surface area contributed by atoms with Crippen LogP contribution < -0.4 is 10.9 Å². The van der Waals surface area contributed by atoms with Crippen molar-refractivity contribution in [2.75, 3.05) is 12.0 Å². The first kappa shape index (κ1) is 19.1. The Morgan fingerprint density at radius 1 is 0.839 bits per heavy atom. The monoisotopic (exact) mass is 409 g/mol. The van der Waals surface area contributed by atoms with E-state index in [2.05, 4.69) is 61.1 Å². The molecule has 7 heteroatoms. The van der Waals surface area contributed by atoms with Crippen LogP contribution in [-0.4, -0.2) is 31.5 Å². The molecule has 0 saturated heterocycles. The molecule has 31 heavy (non-hydrogen) atoms. The van der Waals surface area contributed by atoms with Gasteiger partial charge in [0.1, 0.15) is 11.3 Å². The summed E-state index contributed by atoms with van der Waals surface area (Å²) in [6, 6.07) is 20.4. The third-order valence-corrected chi connectivity index (χ3v) is 5.20. The van der Waals surface area contributed by atoms with E-state index in [1.54, 1.807) is 12.5 Å². The lowest BCUT2D eigenvalue weighted by Gasteiger charge is -2.09. The van der Waals surface area contributed by atoms with Crippen molar-refractivity contribution in [1.82, 2.24) is 30.3 Å². The van der Waals surface area contributed by atoms with Gasteiger partial charge in [0.15, 0.2) is 5.65 Å². The molecular weight excluding hydrogens is 386 g/mol. The quantitative estimate of drug-likeness (QED) is 0.258. The molecule has 7 nitrogen and oxygen atoms in total. The van der Waals surface area contributed by atoms with E-state index in [9.17, 15) is 0 Å². The van der Waals surface area contributed by atoms with E-state index < -0.39 is 0 Å². The van der Waals surface area contributed by atoms with Gasteiger partial charge in [0.2, 0.25) is 0 Å². The highest BCUT2D eigenvalue weighted by Crippen LogP contribution is 2.22. The average Bonchev–Trinajstić information content (AvgIpc) is 3.29. The van der Waals surface area contributed by atoms with Crippen molar-refractivity contribution in [3.8, 4) is 11.3 Å². The number of hydrogen-bond donors (Lipinski definition) is 3. The van der Waals surface area contributed by atoms with E-state index in [0.29, 0.717) is 5.65 Å². The predicted molar refractivity (Wildman–Crippen MR) is 123 cm³/mol. The third-order valence-electron chi connectivity index (χ3n) is 5.20. The molecule has 0 aliphatic carbocycles. The normalized spacial score (nSPS) is 11.2.